The fourth-order valence-corrected chi connectivity index (χ4v) is 3.14. The van der Waals surface area contributed by atoms with Crippen LogP contribution in [0.15, 0.2) is 24.5 Å². The van der Waals surface area contributed by atoms with E-state index in [9.17, 15) is 12.8 Å². The van der Waals surface area contributed by atoms with E-state index in [-0.39, 0.29) is 23.3 Å². The van der Waals surface area contributed by atoms with Crippen LogP contribution in [0.25, 0.3) is 0 Å². The van der Waals surface area contributed by atoms with Gasteiger partial charge in [-0.3, -0.25) is 0 Å². The van der Waals surface area contributed by atoms with Gasteiger partial charge >= 0.3 is 0 Å². The summed E-state index contributed by atoms with van der Waals surface area (Å²) in [6, 6.07) is 4.05. The average molecular weight is 347 g/mol. The maximum atomic E-state index is 13.0. The molecule has 1 heterocycles. The van der Waals surface area contributed by atoms with Gasteiger partial charge in [-0.05, 0) is 24.1 Å². The minimum atomic E-state index is -3.43. The van der Waals surface area contributed by atoms with Crippen LogP contribution >= 0.6 is 11.6 Å². The van der Waals surface area contributed by atoms with Gasteiger partial charge in [0.25, 0.3) is 5.95 Å². The van der Waals surface area contributed by atoms with Crippen LogP contribution < -0.4 is 4.72 Å². The van der Waals surface area contributed by atoms with Crippen molar-refractivity contribution in [2.45, 2.75) is 26.3 Å². The summed E-state index contributed by atoms with van der Waals surface area (Å²) in [5, 5.41) is 4.30. The predicted molar refractivity (Wildman–Crippen MR) is 82.9 cm³/mol. The maximum Gasteiger partial charge on any atom is 0.255 e. The Bertz CT molecular complexity index is 748. The van der Waals surface area contributed by atoms with Crippen molar-refractivity contribution in [3.05, 3.63) is 40.9 Å². The Balaban J connectivity index is 2.05. The fourth-order valence-electron chi connectivity index (χ4n) is 1.77. The highest BCUT2D eigenvalue weighted by molar-refractivity contribution is 7.92. The first-order valence-electron chi connectivity index (χ1n) is 6.73. The Morgan fingerprint density at radius 1 is 1.41 bits per heavy atom. The Morgan fingerprint density at radius 2 is 2.18 bits per heavy atom. The van der Waals surface area contributed by atoms with E-state index in [1.165, 1.54) is 23.1 Å². The summed E-state index contributed by atoms with van der Waals surface area (Å²) in [4.78, 5) is 3.90. The van der Waals surface area contributed by atoms with Crippen LogP contribution in [0.5, 0.6) is 0 Å². The van der Waals surface area contributed by atoms with Gasteiger partial charge in [-0.1, -0.05) is 31.0 Å². The average Bonchev–Trinajstić information content (AvgIpc) is 2.86. The van der Waals surface area contributed by atoms with Gasteiger partial charge in [0.05, 0.1) is 12.3 Å². The normalized spacial score (nSPS) is 11.6. The number of nitrogens with one attached hydrogen (secondary N) is 1. The highest BCUT2D eigenvalue weighted by Gasteiger charge is 2.13. The molecule has 1 aromatic carbocycles. The molecule has 0 spiro atoms. The summed E-state index contributed by atoms with van der Waals surface area (Å²) < 4.78 is 40.2. The van der Waals surface area contributed by atoms with Crippen LogP contribution in [0.2, 0.25) is 5.02 Å². The zero-order valence-electron chi connectivity index (χ0n) is 12.0. The van der Waals surface area contributed by atoms with Gasteiger partial charge in [-0.15, -0.1) is 5.10 Å². The van der Waals surface area contributed by atoms with Crippen molar-refractivity contribution in [3.63, 3.8) is 0 Å². The van der Waals surface area contributed by atoms with Gasteiger partial charge in [-0.25, -0.2) is 22.2 Å². The first-order valence-corrected chi connectivity index (χ1v) is 8.76. The van der Waals surface area contributed by atoms with E-state index >= 15 is 0 Å². The third-order valence-corrected chi connectivity index (χ3v) is 4.57. The van der Waals surface area contributed by atoms with Crippen LogP contribution in [0, 0.1) is 5.82 Å². The topological polar surface area (TPSA) is 76.9 Å². The van der Waals surface area contributed by atoms with E-state index in [0.717, 1.165) is 6.42 Å². The van der Waals surface area contributed by atoms with Gasteiger partial charge in [-0.2, -0.15) is 4.98 Å². The van der Waals surface area contributed by atoms with Crippen LogP contribution in [-0.4, -0.2) is 28.9 Å². The highest BCUT2D eigenvalue weighted by Crippen LogP contribution is 2.18. The van der Waals surface area contributed by atoms with E-state index in [1.807, 2.05) is 6.92 Å². The molecule has 0 saturated heterocycles. The van der Waals surface area contributed by atoms with E-state index < -0.39 is 15.8 Å². The number of aromatic nitrogens is 3. The summed E-state index contributed by atoms with van der Waals surface area (Å²) >= 11 is 5.94. The van der Waals surface area contributed by atoms with Crippen molar-refractivity contribution in [1.82, 2.24) is 14.8 Å². The first-order chi connectivity index (χ1) is 10.4. The van der Waals surface area contributed by atoms with E-state index in [4.69, 9.17) is 11.6 Å². The smallest absolute Gasteiger partial charge is 0.250 e. The quantitative estimate of drug-likeness (QED) is 0.836. The van der Waals surface area contributed by atoms with E-state index in [1.54, 1.807) is 6.07 Å². The van der Waals surface area contributed by atoms with Crippen LogP contribution in [0.1, 0.15) is 25.3 Å². The number of sulfonamides is 1. The molecule has 2 aromatic rings. The molecule has 120 valence electrons. The lowest BCUT2D eigenvalue weighted by Crippen LogP contribution is -2.17. The third kappa shape index (κ3) is 4.67. The number of hydrogen-bond donors (Lipinski definition) is 1. The van der Waals surface area contributed by atoms with Crippen LogP contribution in [0.3, 0.4) is 0 Å². The second-order valence-electron chi connectivity index (χ2n) is 4.78. The van der Waals surface area contributed by atoms with Crippen LogP contribution in [0.4, 0.5) is 10.3 Å². The minimum Gasteiger partial charge on any atom is -0.250 e. The minimum absolute atomic E-state index is 0.00865. The molecule has 0 fully saturated rings. The zero-order valence-corrected chi connectivity index (χ0v) is 13.5. The lowest BCUT2D eigenvalue weighted by atomic mass is 10.2. The monoisotopic (exact) mass is 346 g/mol. The molecule has 9 heteroatoms. The number of hydrogen-bond acceptors (Lipinski definition) is 4. The zero-order chi connectivity index (χ0) is 16.2. The Morgan fingerprint density at radius 3 is 2.86 bits per heavy atom. The molecule has 0 amide bonds. The fraction of sp³-hybridized carbons (Fsp3) is 0.385. The number of nitrogens with zero attached hydrogens (tertiary/aromatic N) is 3. The molecule has 0 bridgehead atoms. The lowest BCUT2D eigenvalue weighted by Gasteiger charge is -2.04. The van der Waals surface area contributed by atoms with Crippen molar-refractivity contribution in [2.75, 3.05) is 10.5 Å². The molecule has 22 heavy (non-hydrogen) atoms. The largest absolute Gasteiger partial charge is 0.255 e. The first kappa shape index (κ1) is 16.7. The molecular formula is C13H16ClFN4O2S. The van der Waals surface area contributed by atoms with Crippen molar-refractivity contribution in [3.8, 4) is 0 Å². The van der Waals surface area contributed by atoms with Crippen molar-refractivity contribution in [2.24, 2.45) is 0 Å². The summed E-state index contributed by atoms with van der Waals surface area (Å²) in [6.45, 7) is 2.18. The summed E-state index contributed by atoms with van der Waals surface area (Å²) in [7, 11) is -3.43. The van der Waals surface area contributed by atoms with Crippen molar-refractivity contribution < 1.29 is 12.8 Å². The Labute approximate surface area is 133 Å². The molecular weight excluding hydrogens is 331 g/mol. The molecule has 1 aromatic heterocycles. The Kier molecular flexibility index (Phi) is 5.36. The molecule has 0 unspecified atom stereocenters. The predicted octanol–water partition coefficient (Wildman–Crippen LogP) is 2.66. The summed E-state index contributed by atoms with van der Waals surface area (Å²) in [5.41, 5.74) is 0.661. The molecule has 0 aliphatic carbocycles. The molecule has 0 saturated carbocycles. The van der Waals surface area contributed by atoms with Gasteiger partial charge in [0.1, 0.15) is 12.1 Å². The van der Waals surface area contributed by atoms with Gasteiger partial charge in [0, 0.05) is 5.02 Å². The van der Waals surface area contributed by atoms with Crippen LogP contribution in [-0.2, 0) is 16.6 Å². The van der Waals surface area contributed by atoms with E-state index in [0.29, 0.717) is 12.0 Å². The maximum absolute atomic E-state index is 13.0. The summed E-state index contributed by atoms with van der Waals surface area (Å²) in [5.74, 6) is -0.381. The second-order valence-corrected chi connectivity index (χ2v) is 7.03. The number of benzene rings is 1. The number of halogens is 2. The summed E-state index contributed by atoms with van der Waals surface area (Å²) in [6.07, 6.45) is 2.74. The number of unbranched alkanes of at least 4 members (excludes halogenated alkanes) is 1. The van der Waals surface area contributed by atoms with Crippen molar-refractivity contribution in [1.29, 1.82) is 0 Å². The molecule has 0 aliphatic heterocycles. The highest BCUT2D eigenvalue weighted by atomic mass is 35.5. The molecule has 1 N–H and O–H groups in total. The molecule has 0 radical (unpaired) electrons. The van der Waals surface area contributed by atoms with Gasteiger partial charge < -0.3 is 0 Å². The Hall–Kier alpha value is -1.67. The third-order valence-electron chi connectivity index (χ3n) is 2.90. The van der Waals surface area contributed by atoms with Gasteiger partial charge in [0.15, 0.2) is 0 Å². The number of rotatable bonds is 7. The number of anilines is 1. The molecule has 2 rings (SSSR count). The molecule has 0 atom stereocenters. The second kappa shape index (κ2) is 7.06. The molecule has 0 aliphatic rings. The van der Waals surface area contributed by atoms with Gasteiger partial charge in [0.2, 0.25) is 10.0 Å². The van der Waals surface area contributed by atoms with E-state index in [2.05, 4.69) is 14.8 Å². The van der Waals surface area contributed by atoms with Crippen molar-refractivity contribution >= 4 is 27.6 Å². The SMILES string of the molecule is CCCCS(=O)(=O)Nc1ncn(Cc2ccc(F)cc2Cl)n1. The lowest BCUT2D eigenvalue weighted by molar-refractivity contribution is 0.597. The standard InChI is InChI=1S/C13H16ClFN4O2S/c1-2-3-6-22(20,21)18-13-16-9-19(17-13)8-10-4-5-11(15)7-12(10)14/h4-5,7,9H,2-3,6,8H2,1H3,(H,17,18). The molecule has 6 nitrogen and oxygen atoms in total.